The number of alkyl halides is 2. The lowest BCUT2D eigenvalue weighted by molar-refractivity contribution is -0.248. The Hall–Kier alpha value is -2.51. The van der Waals surface area contributed by atoms with Crippen LogP contribution < -0.4 is 0 Å². The highest BCUT2D eigenvalue weighted by molar-refractivity contribution is 5.31. The van der Waals surface area contributed by atoms with Crippen molar-refractivity contribution in [1.82, 2.24) is 0 Å². The number of halogens is 2. The Kier molecular flexibility index (Phi) is 7.76. The van der Waals surface area contributed by atoms with Gasteiger partial charge in [-0.3, -0.25) is 0 Å². The van der Waals surface area contributed by atoms with Gasteiger partial charge < -0.3 is 4.74 Å². The highest BCUT2D eigenvalue weighted by atomic mass is 19.3. The Morgan fingerprint density at radius 3 is 2.30 bits per heavy atom. The van der Waals surface area contributed by atoms with Gasteiger partial charge in [0.25, 0.3) is 0 Å². The zero-order chi connectivity index (χ0) is 21.4. The Bertz CT molecular complexity index is 844. The molecule has 1 aliphatic carbocycles. The van der Waals surface area contributed by atoms with E-state index in [1.807, 2.05) is 24.3 Å². The summed E-state index contributed by atoms with van der Waals surface area (Å²) in [7, 11) is 0. The van der Waals surface area contributed by atoms with E-state index in [0.717, 1.165) is 36.3 Å². The first-order chi connectivity index (χ1) is 14.5. The van der Waals surface area contributed by atoms with Crippen LogP contribution in [-0.4, -0.2) is 6.61 Å². The number of rotatable bonds is 9. The van der Waals surface area contributed by atoms with Crippen LogP contribution in [0.25, 0.3) is 0 Å². The smallest absolute Gasteiger partial charge is 0.316 e. The fraction of sp³-hybridized carbons (Fsp3) is 0.423. The number of hydrogen-bond acceptors (Lipinski definition) is 2. The van der Waals surface area contributed by atoms with Crippen molar-refractivity contribution in [1.29, 1.82) is 5.26 Å². The van der Waals surface area contributed by atoms with Gasteiger partial charge in [0.15, 0.2) is 0 Å². The number of nitrogens with zero attached hydrogens (tertiary/aromatic N) is 1. The molecule has 0 radical (unpaired) electrons. The highest BCUT2D eigenvalue weighted by Crippen LogP contribution is 2.38. The predicted octanol–water partition coefficient (Wildman–Crippen LogP) is 7.11. The maximum absolute atomic E-state index is 14.4. The third-order valence-electron chi connectivity index (χ3n) is 6.10. The number of benzene rings is 2. The van der Waals surface area contributed by atoms with E-state index in [1.165, 1.54) is 31.4 Å². The molecule has 1 aliphatic rings. The van der Waals surface area contributed by atoms with Crippen molar-refractivity contribution < 1.29 is 13.5 Å². The predicted molar refractivity (Wildman–Crippen MR) is 115 cm³/mol. The van der Waals surface area contributed by atoms with E-state index in [2.05, 4.69) is 6.58 Å². The van der Waals surface area contributed by atoms with Gasteiger partial charge in [-0.1, -0.05) is 42.5 Å². The fourth-order valence-corrected chi connectivity index (χ4v) is 4.21. The molecule has 2 aromatic carbocycles. The van der Waals surface area contributed by atoms with E-state index in [9.17, 15) is 8.78 Å². The minimum atomic E-state index is -3.31. The summed E-state index contributed by atoms with van der Waals surface area (Å²) in [6.07, 6.45) is 5.98. The number of hydrogen-bond donors (Lipinski definition) is 0. The topological polar surface area (TPSA) is 33.0 Å². The van der Waals surface area contributed by atoms with Gasteiger partial charge in [0.05, 0.1) is 23.8 Å². The first kappa shape index (κ1) is 22.2. The normalized spacial score (nSPS) is 19.2. The molecule has 0 aliphatic heterocycles. The first-order valence-electron chi connectivity index (χ1n) is 10.7. The molecule has 3 rings (SSSR count). The number of nitriles is 1. The average molecular weight is 410 g/mol. The third kappa shape index (κ3) is 6.00. The molecule has 0 aromatic heterocycles. The van der Waals surface area contributed by atoms with Crippen LogP contribution in [-0.2, 0) is 17.3 Å². The molecule has 1 fully saturated rings. The molecule has 0 spiro atoms. The Balaban J connectivity index is 1.50. The van der Waals surface area contributed by atoms with Gasteiger partial charge in [0.1, 0.15) is 0 Å². The second-order valence-electron chi connectivity index (χ2n) is 8.13. The molecule has 0 amide bonds. The van der Waals surface area contributed by atoms with E-state index >= 15 is 0 Å². The SMILES string of the molecule is C=CCC[C@H]1CC[C@H](c2ccc(C(F)(F)OCCc3ccc(C#N)cc3)cc2)CC1. The summed E-state index contributed by atoms with van der Waals surface area (Å²) in [6.45, 7) is 3.71. The van der Waals surface area contributed by atoms with Crippen LogP contribution in [0.3, 0.4) is 0 Å². The molecule has 0 atom stereocenters. The molecule has 158 valence electrons. The summed E-state index contributed by atoms with van der Waals surface area (Å²) < 4.78 is 33.8. The first-order valence-corrected chi connectivity index (χ1v) is 10.7. The molecule has 30 heavy (non-hydrogen) atoms. The molecule has 0 saturated heterocycles. The Labute approximate surface area is 178 Å². The summed E-state index contributed by atoms with van der Waals surface area (Å²) >= 11 is 0. The van der Waals surface area contributed by atoms with Gasteiger partial charge in [-0.05, 0) is 80.0 Å². The second-order valence-corrected chi connectivity index (χ2v) is 8.13. The van der Waals surface area contributed by atoms with Gasteiger partial charge in [0, 0.05) is 0 Å². The van der Waals surface area contributed by atoms with Crippen molar-refractivity contribution in [3.63, 3.8) is 0 Å². The van der Waals surface area contributed by atoms with Gasteiger partial charge in [-0.25, -0.2) is 0 Å². The lowest BCUT2D eigenvalue weighted by atomic mass is 9.77. The number of ether oxygens (including phenoxy) is 1. The van der Waals surface area contributed by atoms with Crippen molar-refractivity contribution in [2.45, 2.75) is 57.0 Å². The van der Waals surface area contributed by atoms with Crippen LogP contribution in [0.5, 0.6) is 0 Å². The summed E-state index contributed by atoms with van der Waals surface area (Å²) in [5, 5.41) is 8.81. The van der Waals surface area contributed by atoms with E-state index in [0.29, 0.717) is 17.9 Å². The molecule has 2 aromatic rings. The maximum atomic E-state index is 14.4. The van der Waals surface area contributed by atoms with E-state index in [-0.39, 0.29) is 12.2 Å². The summed E-state index contributed by atoms with van der Waals surface area (Å²) in [6, 6.07) is 15.6. The van der Waals surface area contributed by atoms with Gasteiger partial charge in [0.2, 0.25) is 0 Å². The molecule has 0 unspecified atom stereocenters. The Morgan fingerprint density at radius 2 is 1.70 bits per heavy atom. The zero-order valence-corrected chi connectivity index (χ0v) is 17.3. The standard InChI is InChI=1S/C26H29F2NO/c1-2-3-4-20-9-11-23(12-10-20)24-13-15-25(16-14-24)26(27,28)30-18-17-21-5-7-22(19-29)8-6-21/h2,5-8,13-16,20,23H,1,3-4,9-12,17-18H2/t20-,23-. The minimum absolute atomic E-state index is 0.0879. The highest BCUT2D eigenvalue weighted by Gasteiger charge is 2.33. The van der Waals surface area contributed by atoms with Gasteiger partial charge >= 0.3 is 6.11 Å². The van der Waals surface area contributed by atoms with Crippen LogP contribution in [0, 0.1) is 17.2 Å². The number of allylic oxidation sites excluding steroid dienone is 1. The van der Waals surface area contributed by atoms with Crippen molar-refractivity contribution in [2.75, 3.05) is 6.61 Å². The van der Waals surface area contributed by atoms with Gasteiger partial charge in [-0.15, -0.1) is 6.58 Å². The monoisotopic (exact) mass is 409 g/mol. The van der Waals surface area contributed by atoms with Crippen molar-refractivity contribution in [2.24, 2.45) is 5.92 Å². The lowest BCUT2D eigenvalue weighted by Crippen LogP contribution is -2.20. The molecular weight excluding hydrogens is 380 g/mol. The molecule has 1 saturated carbocycles. The summed E-state index contributed by atoms with van der Waals surface area (Å²) in [5.41, 5.74) is 2.46. The minimum Gasteiger partial charge on any atom is -0.316 e. The molecular formula is C26H29F2NO. The lowest BCUT2D eigenvalue weighted by Gasteiger charge is -2.29. The van der Waals surface area contributed by atoms with E-state index < -0.39 is 6.11 Å². The molecule has 0 bridgehead atoms. The summed E-state index contributed by atoms with van der Waals surface area (Å²) in [4.78, 5) is 0. The van der Waals surface area contributed by atoms with Crippen LogP contribution in [0.1, 0.15) is 66.7 Å². The average Bonchev–Trinajstić information content (AvgIpc) is 2.78. The van der Waals surface area contributed by atoms with Crippen LogP contribution in [0.15, 0.2) is 61.2 Å². The third-order valence-corrected chi connectivity index (χ3v) is 6.10. The van der Waals surface area contributed by atoms with E-state index in [4.69, 9.17) is 10.00 Å². The van der Waals surface area contributed by atoms with Crippen molar-refractivity contribution >= 4 is 0 Å². The van der Waals surface area contributed by atoms with Crippen molar-refractivity contribution in [3.8, 4) is 6.07 Å². The molecule has 0 heterocycles. The Morgan fingerprint density at radius 1 is 1.03 bits per heavy atom. The van der Waals surface area contributed by atoms with Gasteiger partial charge in [-0.2, -0.15) is 14.0 Å². The fourth-order valence-electron chi connectivity index (χ4n) is 4.21. The molecule has 4 heteroatoms. The van der Waals surface area contributed by atoms with Crippen molar-refractivity contribution in [3.05, 3.63) is 83.4 Å². The zero-order valence-electron chi connectivity index (χ0n) is 17.3. The maximum Gasteiger partial charge on any atom is 0.383 e. The van der Waals surface area contributed by atoms with Crippen LogP contribution in [0.2, 0.25) is 0 Å². The van der Waals surface area contributed by atoms with E-state index in [1.54, 1.807) is 24.3 Å². The summed E-state index contributed by atoms with van der Waals surface area (Å²) in [5.74, 6) is 1.23. The van der Waals surface area contributed by atoms with Crippen LogP contribution in [0.4, 0.5) is 8.78 Å². The quantitative estimate of drug-likeness (QED) is 0.414. The largest absolute Gasteiger partial charge is 0.383 e. The molecule has 2 nitrogen and oxygen atoms in total. The van der Waals surface area contributed by atoms with Crippen LogP contribution >= 0.6 is 0 Å². The molecule has 0 N–H and O–H groups in total. The second kappa shape index (κ2) is 10.5.